The number of rotatable bonds is 45. The number of nitrogens with one attached hydrogen (secondary N) is 10. The number of aliphatic imine (C=N–C) groups is 2. The number of guanidine groups is 2. The standard InChI is InChI=1S/C52H91N19O20/c1-22(2)19-31(47(87)71-40(25(6)73)49(89)70-38(23(3)4)50(90)91)68-48(88)39(24(5)72)69-35(76)21-62-42(82)32(20-34(55)75)67-44(84)28(10-8-18-61-52(58)59)65-45(85)29(12-14-33(54)74)66-43(83)27(9-7-17-60-51(56)57)64-46(86)30(13-16-37(79)80)63-41(81)26(53)11-15-36(77)78/h22-32,38-40,72-73H,7-21,53H2,1-6H3,(H2,54,74)(H2,55,75)(H,62,82)(H,63,81)(H,64,86)(H,65,85)(H,66,83)(H,67,84)(H,68,88)(H,69,76)(H,70,89)(H,71,87)(H,77,78)(H,79,80)(H,90,91)(H4,56,57,60)(H4,58,59,61)/t24-,25-,26+,27+,28+,29+,30+,31+,32+,38+,39+,40+/m1/s1. The number of carboxylic acid groups (broad SMARTS) is 3. The van der Waals surface area contributed by atoms with Gasteiger partial charge in [0.15, 0.2) is 11.9 Å². The maximum absolute atomic E-state index is 14.2. The molecule has 0 saturated heterocycles. The van der Waals surface area contributed by atoms with Crippen molar-refractivity contribution in [3.05, 3.63) is 0 Å². The highest BCUT2D eigenvalue weighted by molar-refractivity contribution is 5.99. The largest absolute Gasteiger partial charge is 0.481 e. The van der Waals surface area contributed by atoms with Gasteiger partial charge in [0.1, 0.15) is 54.4 Å². The van der Waals surface area contributed by atoms with Crippen LogP contribution < -0.4 is 93.3 Å². The van der Waals surface area contributed by atoms with E-state index in [9.17, 15) is 92.3 Å². The second kappa shape index (κ2) is 41.6. The van der Waals surface area contributed by atoms with Gasteiger partial charge in [-0.05, 0) is 77.0 Å². The van der Waals surface area contributed by atoms with E-state index in [1.807, 2.05) is 0 Å². The number of aliphatic hydroxyl groups excluding tert-OH is 2. The number of carbonyl (C=O) groups excluding carboxylic acids is 12. The Morgan fingerprint density at radius 3 is 1.18 bits per heavy atom. The Kier molecular flexibility index (Phi) is 37.3. The molecule has 0 unspecified atom stereocenters. The summed E-state index contributed by atoms with van der Waals surface area (Å²) in [6, 6.07) is -16.7. The molecule has 0 radical (unpaired) electrons. The fraction of sp³-hybridized carbons (Fsp3) is 0.673. The lowest BCUT2D eigenvalue weighted by atomic mass is 10.0. The highest BCUT2D eigenvalue weighted by Crippen LogP contribution is 2.12. The second-order valence-corrected chi connectivity index (χ2v) is 21.8. The molecule has 29 N–H and O–H groups in total. The molecule has 0 saturated carbocycles. The van der Waals surface area contributed by atoms with Crippen molar-refractivity contribution in [2.24, 2.45) is 62.0 Å². The molecule has 0 aliphatic heterocycles. The molecule has 0 bridgehead atoms. The van der Waals surface area contributed by atoms with Gasteiger partial charge in [0.2, 0.25) is 70.9 Å². The quantitative estimate of drug-likeness (QED) is 0.0153. The molecule has 39 nitrogen and oxygen atoms in total. The van der Waals surface area contributed by atoms with Crippen molar-refractivity contribution in [1.29, 1.82) is 0 Å². The first kappa shape index (κ1) is 81.5. The first-order valence-electron chi connectivity index (χ1n) is 28.7. The van der Waals surface area contributed by atoms with Gasteiger partial charge in [0.25, 0.3) is 0 Å². The van der Waals surface area contributed by atoms with Gasteiger partial charge in [-0.25, -0.2) is 4.79 Å². The number of nitrogens with zero attached hydrogens (tertiary/aromatic N) is 2. The van der Waals surface area contributed by atoms with Crippen LogP contribution in [0.1, 0.15) is 119 Å². The number of nitrogens with two attached hydrogens (primary N) is 7. The maximum atomic E-state index is 14.2. The number of carboxylic acids is 3. The summed E-state index contributed by atoms with van der Waals surface area (Å²) in [5, 5.41) is 71.7. The zero-order valence-electron chi connectivity index (χ0n) is 51.5. The van der Waals surface area contributed by atoms with Crippen LogP contribution >= 0.6 is 0 Å². The van der Waals surface area contributed by atoms with E-state index in [1.165, 1.54) is 13.8 Å². The van der Waals surface area contributed by atoms with Crippen LogP contribution in [0.2, 0.25) is 0 Å². The minimum atomic E-state index is -1.92. The predicted octanol–water partition coefficient (Wildman–Crippen LogP) is -9.68. The number of carbonyl (C=O) groups is 15. The van der Waals surface area contributed by atoms with E-state index in [1.54, 1.807) is 13.8 Å². The SMILES string of the molecule is CC(C)C[C@H](NC(=O)[C@@H](NC(=O)CNC(=O)[C@H](CC(N)=O)NC(=O)[C@H](CCCN=C(N)N)NC(=O)[C@H](CCC(N)=O)NC(=O)[C@H](CCCN=C(N)N)NC(=O)[C@H](CCC(=O)O)NC(=O)[C@@H](N)CCC(=O)O)[C@@H](C)O)C(=O)N[C@H](C(=O)N[C@H](C(=O)O)C(C)C)[C@@H](C)O. The number of hydrogen-bond donors (Lipinski definition) is 22. The first-order chi connectivity index (χ1) is 42.3. The molecule has 0 aliphatic carbocycles. The van der Waals surface area contributed by atoms with Crippen LogP contribution in [0.3, 0.4) is 0 Å². The van der Waals surface area contributed by atoms with Crippen LogP contribution in [0.5, 0.6) is 0 Å². The summed E-state index contributed by atoms with van der Waals surface area (Å²) in [5.74, 6) is -19.4. The molecular weight excluding hydrogens is 1210 g/mol. The summed E-state index contributed by atoms with van der Waals surface area (Å²) >= 11 is 0. The number of primary amides is 2. The zero-order chi connectivity index (χ0) is 70.0. The van der Waals surface area contributed by atoms with Crippen LogP contribution in [0.25, 0.3) is 0 Å². The van der Waals surface area contributed by atoms with Crippen molar-refractivity contribution in [2.45, 2.75) is 191 Å². The van der Waals surface area contributed by atoms with Crippen molar-refractivity contribution >= 4 is 101 Å². The smallest absolute Gasteiger partial charge is 0.326 e. The molecule has 0 rings (SSSR count). The Balaban J connectivity index is 6.88. The van der Waals surface area contributed by atoms with E-state index in [0.29, 0.717) is 0 Å². The van der Waals surface area contributed by atoms with Gasteiger partial charge in [-0.1, -0.05) is 27.7 Å². The Labute approximate surface area is 522 Å². The highest BCUT2D eigenvalue weighted by Gasteiger charge is 2.37. The molecule has 91 heavy (non-hydrogen) atoms. The molecule has 0 aromatic carbocycles. The van der Waals surface area contributed by atoms with Crippen LogP contribution in [0, 0.1) is 11.8 Å². The molecule has 0 spiro atoms. The summed E-state index contributed by atoms with van der Waals surface area (Å²) in [6.45, 7) is 7.24. The van der Waals surface area contributed by atoms with Crippen molar-refractivity contribution in [3.8, 4) is 0 Å². The second-order valence-electron chi connectivity index (χ2n) is 21.8. The van der Waals surface area contributed by atoms with E-state index in [0.717, 1.165) is 13.8 Å². The minimum absolute atomic E-state index is 0.0542. The lowest BCUT2D eigenvalue weighted by molar-refractivity contribution is -0.144. The fourth-order valence-corrected chi connectivity index (χ4v) is 8.13. The van der Waals surface area contributed by atoms with Gasteiger partial charge in [-0.3, -0.25) is 77.1 Å². The summed E-state index contributed by atoms with van der Waals surface area (Å²) in [4.78, 5) is 203. The third-order valence-electron chi connectivity index (χ3n) is 12.9. The molecule has 514 valence electrons. The van der Waals surface area contributed by atoms with Gasteiger partial charge in [0.05, 0.1) is 31.2 Å². The predicted molar refractivity (Wildman–Crippen MR) is 319 cm³/mol. The molecule has 12 atom stereocenters. The van der Waals surface area contributed by atoms with E-state index in [2.05, 4.69) is 63.2 Å². The van der Waals surface area contributed by atoms with Crippen LogP contribution in [-0.4, -0.2) is 219 Å². The topological polar surface area (TPSA) is 684 Å². The van der Waals surface area contributed by atoms with Crippen LogP contribution in [0.15, 0.2) is 9.98 Å². The molecule has 0 aliphatic rings. The van der Waals surface area contributed by atoms with Gasteiger partial charge in [-0.2, -0.15) is 0 Å². The van der Waals surface area contributed by atoms with E-state index in [-0.39, 0.29) is 69.5 Å². The molecule has 12 amide bonds. The zero-order valence-corrected chi connectivity index (χ0v) is 51.5. The van der Waals surface area contributed by atoms with Crippen molar-refractivity contribution < 1.29 is 97.5 Å². The van der Waals surface area contributed by atoms with E-state index < -0.39 is 212 Å². The lowest BCUT2D eigenvalue weighted by Gasteiger charge is -2.29. The Morgan fingerprint density at radius 2 is 0.780 bits per heavy atom. The van der Waals surface area contributed by atoms with Crippen molar-refractivity contribution in [3.63, 3.8) is 0 Å². The van der Waals surface area contributed by atoms with Crippen molar-refractivity contribution in [1.82, 2.24) is 53.2 Å². The molecular formula is C52H91N19O20. The Bertz CT molecular complexity index is 2610. The third kappa shape index (κ3) is 34.1. The summed E-state index contributed by atoms with van der Waals surface area (Å²) in [6.07, 6.45) is -8.53. The number of aliphatic hydroxyl groups is 2. The Morgan fingerprint density at radius 1 is 0.407 bits per heavy atom. The molecule has 0 aromatic rings. The van der Waals surface area contributed by atoms with E-state index in [4.69, 9.17) is 45.2 Å². The Hall–Kier alpha value is -9.53. The molecule has 0 heterocycles. The normalized spacial score (nSPS) is 14.9. The first-order valence-corrected chi connectivity index (χ1v) is 28.7. The highest BCUT2D eigenvalue weighted by atomic mass is 16.4. The minimum Gasteiger partial charge on any atom is -0.481 e. The number of hydrogen-bond acceptors (Lipinski definition) is 20. The maximum Gasteiger partial charge on any atom is 0.326 e. The number of aliphatic carboxylic acids is 3. The van der Waals surface area contributed by atoms with Gasteiger partial charge >= 0.3 is 17.9 Å². The monoisotopic (exact) mass is 1300 g/mol. The molecule has 0 aromatic heterocycles. The van der Waals surface area contributed by atoms with Gasteiger partial charge in [-0.15, -0.1) is 0 Å². The fourth-order valence-electron chi connectivity index (χ4n) is 8.13. The van der Waals surface area contributed by atoms with Gasteiger partial charge in [0, 0.05) is 32.4 Å². The van der Waals surface area contributed by atoms with Crippen molar-refractivity contribution in [2.75, 3.05) is 19.6 Å². The van der Waals surface area contributed by atoms with Crippen LogP contribution in [0.4, 0.5) is 0 Å². The number of amides is 12. The average molecular weight is 1300 g/mol. The summed E-state index contributed by atoms with van der Waals surface area (Å²) in [7, 11) is 0. The van der Waals surface area contributed by atoms with E-state index >= 15 is 0 Å². The molecule has 0 fully saturated rings. The van der Waals surface area contributed by atoms with Crippen LogP contribution in [-0.2, 0) is 71.9 Å². The summed E-state index contributed by atoms with van der Waals surface area (Å²) in [5.41, 5.74) is 38.3. The average Bonchev–Trinajstić information content (AvgIpc) is 1.93. The molecule has 39 heteroatoms. The van der Waals surface area contributed by atoms with Gasteiger partial charge < -0.3 is 119 Å². The summed E-state index contributed by atoms with van der Waals surface area (Å²) < 4.78 is 0. The lowest BCUT2D eigenvalue weighted by Crippen LogP contribution is -2.62. The third-order valence-corrected chi connectivity index (χ3v) is 12.9.